The Morgan fingerprint density at radius 2 is 1.74 bits per heavy atom. The number of rotatable bonds is 6. The number of likely N-dealkylation sites (N-methyl/N-ethyl adjacent to an activating group) is 1. The summed E-state index contributed by atoms with van der Waals surface area (Å²) in [5.41, 5.74) is 2.91. The molecule has 0 aromatic heterocycles. The predicted molar refractivity (Wildman–Crippen MR) is 142 cm³/mol. The normalized spacial score (nSPS) is 15.4. The number of carbonyl (C=O) groups excluding carboxylic acids is 2. The summed E-state index contributed by atoms with van der Waals surface area (Å²) in [5, 5.41) is 0. The maximum atomic E-state index is 13.3. The third-order valence-electron chi connectivity index (χ3n) is 6.25. The highest BCUT2D eigenvalue weighted by atomic mass is 16.5. The lowest BCUT2D eigenvalue weighted by Gasteiger charge is -2.28. The van der Waals surface area contributed by atoms with Crippen molar-refractivity contribution >= 4 is 23.2 Å². The second kappa shape index (κ2) is 12.6. The quantitative estimate of drug-likeness (QED) is 0.628. The summed E-state index contributed by atoms with van der Waals surface area (Å²) in [5.74, 6) is 1.03. The second-order valence-electron chi connectivity index (χ2n) is 9.92. The van der Waals surface area contributed by atoms with E-state index in [2.05, 4.69) is 25.8 Å². The third-order valence-corrected chi connectivity index (χ3v) is 6.25. The average Bonchev–Trinajstić information content (AvgIpc) is 2.85. The van der Waals surface area contributed by atoms with Crippen LogP contribution in [0.5, 0.6) is 5.75 Å². The fraction of sp³-hybridized carbons (Fsp3) is 0.500. The molecule has 1 heterocycles. The van der Waals surface area contributed by atoms with Crippen molar-refractivity contribution in [3.05, 3.63) is 54.1 Å². The van der Waals surface area contributed by atoms with Gasteiger partial charge < -0.3 is 24.3 Å². The Labute approximate surface area is 210 Å². The average molecular weight is 481 g/mol. The van der Waals surface area contributed by atoms with E-state index in [9.17, 15) is 9.59 Å². The van der Waals surface area contributed by atoms with Gasteiger partial charge in [0, 0.05) is 64.1 Å². The van der Waals surface area contributed by atoms with Crippen molar-refractivity contribution in [1.29, 1.82) is 0 Å². The summed E-state index contributed by atoms with van der Waals surface area (Å²) >= 11 is 0. The van der Waals surface area contributed by atoms with Crippen molar-refractivity contribution in [2.45, 2.75) is 33.2 Å². The van der Waals surface area contributed by atoms with Gasteiger partial charge in [-0.3, -0.25) is 9.59 Å². The number of para-hydroxylation sites is 1. The first-order valence-electron chi connectivity index (χ1n) is 12.5. The highest BCUT2D eigenvalue weighted by Crippen LogP contribution is 2.25. The van der Waals surface area contributed by atoms with Crippen molar-refractivity contribution in [2.75, 3.05) is 63.7 Å². The molecule has 190 valence electrons. The maximum absolute atomic E-state index is 13.3. The summed E-state index contributed by atoms with van der Waals surface area (Å²) in [6.45, 7) is 7.45. The van der Waals surface area contributed by atoms with Crippen LogP contribution in [0.3, 0.4) is 0 Å². The molecule has 7 nitrogen and oxygen atoms in total. The molecule has 7 heteroatoms. The molecule has 2 aromatic carbocycles. The highest BCUT2D eigenvalue weighted by Gasteiger charge is 2.23. The van der Waals surface area contributed by atoms with Crippen LogP contribution < -0.4 is 14.5 Å². The first kappa shape index (κ1) is 26.5. The van der Waals surface area contributed by atoms with Gasteiger partial charge in [0.2, 0.25) is 5.91 Å². The number of hydrogen-bond donors (Lipinski definition) is 0. The molecule has 1 aliphatic rings. The Balaban J connectivity index is 1.81. The molecule has 1 aliphatic heterocycles. The molecule has 0 unspecified atom stereocenters. The van der Waals surface area contributed by atoms with Crippen LogP contribution in [0.1, 0.15) is 32.3 Å². The number of fused-ring (bicyclic) bond motifs is 1. The van der Waals surface area contributed by atoms with Gasteiger partial charge in [-0.05, 0) is 49.7 Å². The van der Waals surface area contributed by atoms with Gasteiger partial charge in [-0.15, -0.1) is 0 Å². The van der Waals surface area contributed by atoms with Gasteiger partial charge in [0.1, 0.15) is 5.75 Å². The fourth-order valence-electron chi connectivity index (χ4n) is 4.23. The van der Waals surface area contributed by atoms with Crippen molar-refractivity contribution in [3.63, 3.8) is 0 Å². The molecule has 0 saturated heterocycles. The summed E-state index contributed by atoms with van der Waals surface area (Å²) in [6, 6.07) is 15.7. The first-order valence-corrected chi connectivity index (χ1v) is 12.5. The van der Waals surface area contributed by atoms with E-state index in [1.54, 1.807) is 0 Å². The summed E-state index contributed by atoms with van der Waals surface area (Å²) in [7, 11) is 6.01. The fourth-order valence-corrected chi connectivity index (χ4v) is 4.23. The van der Waals surface area contributed by atoms with Gasteiger partial charge in [-0.25, -0.2) is 0 Å². The third kappa shape index (κ3) is 7.72. The minimum absolute atomic E-state index is 0.0290. The number of hydrogen-bond acceptors (Lipinski definition) is 5. The Morgan fingerprint density at radius 3 is 2.49 bits per heavy atom. The molecule has 0 radical (unpaired) electrons. The molecule has 0 saturated carbocycles. The molecule has 0 fully saturated rings. The minimum atomic E-state index is -0.0669. The summed E-state index contributed by atoms with van der Waals surface area (Å²) < 4.78 is 5.89. The molecular formula is C28H40N4O3. The predicted octanol–water partition coefficient (Wildman–Crippen LogP) is 3.87. The van der Waals surface area contributed by atoms with Crippen LogP contribution in [0.15, 0.2) is 48.5 Å². The lowest BCUT2D eigenvalue weighted by Crippen LogP contribution is -2.39. The second-order valence-corrected chi connectivity index (χ2v) is 9.92. The molecule has 0 aliphatic carbocycles. The summed E-state index contributed by atoms with van der Waals surface area (Å²) in [4.78, 5) is 34.5. The van der Waals surface area contributed by atoms with E-state index in [0.29, 0.717) is 31.8 Å². The van der Waals surface area contributed by atoms with E-state index in [0.717, 1.165) is 36.4 Å². The lowest BCUT2D eigenvalue weighted by atomic mass is 10.1. The number of benzene rings is 2. The van der Waals surface area contributed by atoms with E-state index in [1.165, 1.54) is 0 Å². The number of ether oxygens (including phenoxy) is 1. The van der Waals surface area contributed by atoms with Crippen molar-refractivity contribution in [1.82, 2.24) is 9.80 Å². The smallest absolute Gasteiger partial charge is 0.260 e. The van der Waals surface area contributed by atoms with Crippen LogP contribution in [0.4, 0.5) is 11.4 Å². The zero-order valence-corrected chi connectivity index (χ0v) is 21.9. The minimum Gasteiger partial charge on any atom is -0.484 e. The zero-order chi connectivity index (χ0) is 25.4. The van der Waals surface area contributed by atoms with Gasteiger partial charge >= 0.3 is 0 Å². The van der Waals surface area contributed by atoms with E-state index in [4.69, 9.17) is 4.74 Å². The number of anilines is 2. The molecule has 0 N–H and O–H groups in total. The molecule has 0 atom stereocenters. The van der Waals surface area contributed by atoms with Crippen molar-refractivity contribution in [2.24, 2.45) is 5.92 Å². The molecule has 2 amide bonds. The lowest BCUT2D eigenvalue weighted by molar-refractivity contribution is -0.134. The van der Waals surface area contributed by atoms with Crippen LogP contribution in [-0.4, -0.2) is 75.5 Å². The highest BCUT2D eigenvalue weighted by molar-refractivity contribution is 5.94. The first-order chi connectivity index (χ1) is 16.7. The number of nitrogens with zero attached hydrogens (tertiary/aromatic N) is 4. The molecule has 0 spiro atoms. The van der Waals surface area contributed by atoms with Crippen molar-refractivity contribution < 1.29 is 14.3 Å². The molecular weight excluding hydrogens is 440 g/mol. The van der Waals surface area contributed by atoms with Gasteiger partial charge in [0.05, 0.1) is 0 Å². The largest absolute Gasteiger partial charge is 0.484 e. The molecule has 2 aromatic rings. The molecule has 3 rings (SSSR count). The van der Waals surface area contributed by atoms with Crippen LogP contribution in [0.2, 0.25) is 0 Å². The zero-order valence-electron chi connectivity index (χ0n) is 21.9. The number of carbonyl (C=O) groups is 2. The standard InChI is InChI=1S/C28H40N4O3/c1-22(2)18-27(33)32-15-9-14-30(5)16-17-31(20-23-10-6-7-13-26(23)32)28(34)21-35-25-12-8-11-24(19-25)29(3)4/h6-8,10-13,19,22H,9,14-18,20-21H2,1-5H3. The molecule has 0 bridgehead atoms. The monoisotopic (exact) mass is 480 g/mol. The van der Waals surface area contributed by atoms with E-state index >= 15 is 0 Å². The Morgan fingerprint density at radius 1 is 0.971 bits per heavy atom. The Bertz CT molecular complexity index is 992. The van der Waals surface area contributed by atoms with Crippen LogP contribution in [-0.2, 0) is 16.1 Å². The van der Waals surface area contributed by atoms with E-state index in [-0.39, 0.29) is 24.3 Å². The van der Waals surface area contributed by atoms with Gasteiger partial charge in [0.25, 0.3) is 5.91 Å². The van der Waals surface area contributed by atoms with E-state index in [1.807, 2.05) is 77.3 Å². The van der Waals surface area contributed by atoms with Crippen LogP contribution in [0.25, 0.3) is 0 Å². The molecule has 35 heavy (non-hydrogen) atoms. The van der Waals surface area contributed by atoms with Crippen LogP contribution in [0, 0.1) is 5.92 Å². The SMILES string of the molecule is CC(C)CC(=O)N1CCCN(C)CCN(C(=O)COc2cccc(N(C)C)c2)Cc2ccccc21. The van der Waals surface area contributed by atoms with Crippen LogP contribution >= 0.6 is 0 Å². The van der Waals surface area contributed by atoms with Gasteiger partial charge in [-0.1, -0.05) is 38.1 Å². The topological polar surface area (TPSA) is 56.3 Å². The Kier molecular flexibility index (Phi) is 9.55. The van der Waals surface area contributed by atoms with E-state index < -0.39 is 0 Å². The maximum Gasteiger partial charge on any atom is 0.260 e. The van der Waals surface area contributed by atoms with Crippen molar-refractivity contribution in [3.8, 4) is 5.75 Å². The van der Waals surface area contributed by atoms with Gasteiger partial charge in [-0.2, -0.15) is 0 Å². The summed E-state index contributed by atoms with van der Waals surface area (Å²) in [6.07, 6.45) is 1.39. The Hall–Kier alpha value is -3.06. The number of amides is 2. The van der Waals surface area contributed by atoms with Gasteiger partial charge in [0.15, 0.2) is 6.61 Å².